The molecular formula is C18H24N2O3S. The van der Waals surface area contributed by atoms with Gasteiger partial charge in [0.15, 0.2) is 0 Å². The van der Waals surface area contributed by atoms with Crippen molar-refractivity contribution >= 4 is 17.7 Å². The van der Waals surface area contributed by atoms with Crippen molar-refractivity contribution in [3.05, 3.63) is 46.8 Å². The molecule has 0 radical (unpaired) electrons. The lowest BCUT2D eigenvalue weighted by Crippen LogP contribution is -2.35. The molecule has 1 amide bonds. The average molecular weight is 348 g/mol. The lowest BCUT2D eigenvalue weighted by molar-refractivity contribution is 0.0926. The van der Waals surface area contributed by atoms with Crippen molar-refractivity contribution in [3.63, 3.8) is 0 Å². The van der Waals surface area contributed by atoms with Crippen molar-refractivity contribution in [1.82, 2.24) is 10.5 Å². The Labute approximate surface area is 146 Å². The molecule has 1 heterocycles. The Morgan fingerprint density at radius 2 is 2.12 bits per heavy atom. The number of nitrogens with zero attached hydrogens (tertiary/aromatic N) is 1. The molecule has 1 aromatic heterocycles. The van der Waals surface area contributed by atoms with Crippen LogP contribution in [0.4, 0.5) is 0 Å². The Kier molecular flexibility index (Phi) is 6.87. The molecule has 24 heavy (non-hydrogen) atoms. The van der Waals surface area contributed by atoms with E-state index in [1.54, 1.807) is 11.8 Å². The van der Waals surface area contributed by atoms with E-state index in [-0.39, 0.29) is 18.6 Å². The van der Waals surface area contributed by atoms with Crippen LogP contribution in [0.2, 0.25) is 0 Å². The van der Waals surface area contributed by atoms with Gasteiger partial charge in [-0.15, -0.1) is 11.8 Å². The molecule has 0 saturated heterocycles. The number of carbonyl (C=O) groups excluding carboxylic acids is 1. The zero-order chi connectivity index (χ0) is 17.5. The van der Waals surface area contributed by atoms with Crippen molar-refractivity contribution in [2.75, 3.05) is 6.61 Å². The summed E-state index contributed by atoms with van der Waals surface area (Å²) in [5.41, 5.74) is 2.61. The number of aliphatic hydroxyl groups is 1. The number of aliphatic hydroxyl groups excluding tert-OH is 1. The molecule has 0 aliphatic carbocycles. The second kappa shape index (κ2) is 8.89. The van der Waals surface area contributed by atoms with Gasteiger partial charge in [-0.3, -0.25) is 4.79 Å². The van der Waals surface area contributed by atoms with E-state index < -0.39 is 0 Å². The minimum atomic E-state index is -0.0998. The summed E-state index contributed by atoms with van der Waals surface area (Å²) in [6.07, 6.45) is 1.36. The molecule has 0 fully saturated rings. The molecule has 1 aromatic carbocycles. The predicted molar refractivity (Wildman–Crippen MR) is 95.2 cm³/mol. The number of carbonyl (C=O) groups is 1. The lowest BCUT2D eigenvalue weighted by atomic mass is 10.1. The molecule has 6 heteroatoms. The third-order valence-electron chi connectivity index (χ3n) is 3.99. The minimum absolute atomic E-state index is 0.0110. The van der Waals surface area contributed by atoms with Crippen LogP contribution in [0, 0.1) is 13.8 Å². The summed E-state index contributed by atoms with van der Waals surface area (Å²) < 4.78 is 5.19. The molecule has 130 valence electrons. The predicted octanol–water partition coefficient (Wildman–Crippen LogP) is 3.47. The number of thioether (sulfide) groups is 1. The van der Waals surface area contributed by atoms with Gasteiger partial charge in [-0.25, -0.2) is 0 Å². The Balaban J connectivity index is 2.10. The van der Waals surface area contributed by atoms with Crippen molar-refractivity contribution in [1.29, 1.82) is 0 Å². The first kappa shape index (κ1) is 18.5. The van der Waals surface area contributed by atoms with E-state index in [1.807, 2.05) is 45.0 Å². The van der Waals surface area contributed by atoms with Gasteiger partial charge in [0.2, 0.25) is 0 Å². The summed E-state index contributed by atoms with van der Waals surface area (Å²) in [4.78, 5) is 13.5. The molecule has 0 aliphatic heterocycles. The first-order chi connectivity index (χ1) is 11.6. The van der Waals surface area contributed by atoms with Gasteiger partial charge in [0.05, 0.1) is 11.3 Å². The lowest BCUT2D eigenvalue weighted by Gasteiger charge is -2.17. The summed E-state index contributed by atoms with van der Waals surface area (Å²) in [6, 6.07) is 7.56. The van der Waals surface area contributed by atoms with Gasteiger partial charge in [-0.05, 0) is 38.8 Å². The summed E-state index contributed by atoms with van der Waals surface area (Å²) in [5.74, 6) is 1.42. The highest BCUT2D eigenvalue weighted by Gasteiger charge is 2.16. The van der Waals surface area contributed by atoms with Gasteiger partial charge >= 0.3 is 0 Å². The smallest absolute Gasteiger partial charge is 0.252 e. The second-order valence-electron chi connectivity index (χ2n) is 5.68. The first-order valence-corrected chi connectivity index (χ1v) is 9.10. The van der Waals surface area contributed by atoms with Crippen LogP contribution >= 0.6 is 11.8 Å². The van der Waals surface area contributed by atoms with Crippen LogP contribution in [0.5, 0.6) is 0 Å². The van der Waals surface area contributed by atoms with Gasteiger partial charge in [-0.2, -0.15) is 0 Å². The fraction of sp³-hybridized carbons (Fsp3) is 0.444. The Hall–Kier alpha value is -1.79. The highest BCUT2D eigenvalue weighted by Crippen LogP contribution is 2.28. The fourth-order valence-electron chi connectivity index (χ4n) is 2.44. The van der Waals surface area contributed by atoms with Crippen molar-refractivity contribution in [2.45, 2.75) is 50.3 Å². The molecule has 0 saturated carbocycles. The van der Waals surface area contributed by atoms with Gasteiger partial charge in [-0.1, -0.05) is 24.2 Å². The van der Waals surface area contributed by atoms with Gasteiger partial charge in [0.1, 0.15) is 5.76 Å². The van der Waals surface area contributed by atoms with Crippen LogP contribution in [-0.4, -0.2) is 28.8 Å². The molecule has 0 spiro atoms. The Morgan fingerprint density at radius 3 is 2.75 bits per heavy atom. The van der Waals surface area contributed by atoms with E-state index in [9.17, 15) is 4.79 Å². The number of aryl methyl sites for hydroxylation is 2. The monoisotopic (exact) mass is 348 g/mol. The highest BCUT2D eigenvalue weighted by molar-refractivity contribution is 7.98. The number of rotatable bonds is 8. The van der Waals surface area contributed by atoms with Crippen molar-refractivity contribution < 1.29 is 14.4 Å². The molecule has 0 aliphatic rings. The van der Waals surface area contributed by atoms with E-state index in [0.29, 0.717) is 17.7 Å². The van der Waals surface area contributed by atoms with Crippen LogP contribution in [0.1, 0.15) is 47.1 Å². The third kappa shape index (κ3) is 4.61. The number of benzene rings is 1. The topological polar surface area (TPSA) is 75.4 Å². The summed E-state index contributed by atoms with van der Waals surface area (Å²) in [5, 5.41) is 16.0. The number of hydrogen-bond acceptors (Lipinski definition) is 5. The summed E-state index contributed by atoms with van der Waals surface area (Å²) in [7, 11) is 0. The highest BCUT2D eigenvalue weighted by atomic mass is 32.2. The van der Waals surface area contributed by atoms with Crippen LogP contribution < -0.4 is 5.32 Å². The maximum atomic E-state index is 12.6. The van der Waals surface area contributed by atoms with E-state index in [0.717, 1.165) is 28.3 Å². The molecule has 0 bridgehead atoms. The van der Waals surface area contributed by atoms with Gasteiger partial charge in [0, 0.05) is 28.9 Å². The van der Waals surface area contributed by atoms with Crippen LogP contribution in [0.25, 0.3) is 0 Å². The quantitative estimate of drug-likeness (QED) is 0.715. The van der Waals surface area contributed by atoms with Gasteiger partial charge in [0.25, 0.3) is 5.91 Å². The zero-order valence-corrected chi connectivity index (χ0v) is 15.2. The van der Waals surface area contributed by atoms with E-state index in [4.69, 9.17) is 9.63 Å². The maximum Gasteiger partial charge on any atom is 0.252 e. The fourth-order valence-corrected chi connectivity index (χ4v) is 3.64. The van der Waals surface area contributed by atoms with Gasteiger partial charge < -0.3 is 14.9 Å². The molecule has 2 N–H and O–H groups in total. The van der Waals surface area contributed by atoms with E-state index >= 15 is 0 Å². The summed E-state index contributed by atoms with van der Waals surface area (Å²) >= 11 is 1.60. The standard InChI is InChI=1S/C18H24N2O3S/c1-4-14(9-10-21)19-18(22)15-7-5-6-8-17(15)24-11-16-12(2)20-23-13(16)3/h5-8,14,21H,4,9-11H2,1-3H3,(H,19,22). The van der Waals surface area contributed by atoms with E-state index in [2.05, 4.69) is 10.5 Å². The minimum Gasteiger partial charge on any atom is -0.396 e. The Bertz CT molecular complexity index is 665. The number of aromatic nitrogens is 1. The maximum absolute atomic E-state index is 12.6. The van der Waals surface area contributed by atoms with Crippen LogP contribution in [0.3, 0.4) is 0 Å². The SMILES string of the molecule is CCC(CCO)NC(=O)c1ccccc1SCc1c(C)noc1C. The molecule has 2 aromatic rings. The third-order valence-corrected chi connectivity index (χ3v) is 5.09. The molecule has 5 nitrogen and oxygen atoms in total. The van der Waals surface area contributed by atoms with Crippen molar-refractivity contribution in [3.8, 4) is 0 Å². The number of nitrogens with one attached hydrogen (secondary N) is 1. The zero-order valence-electron chi connectivity index (χ0n) is 14.3. The molecular weight excluding hydrogens is 324 g/mol. The van der Waals surface area contributed by atoms with E-state index in [1.165, 1.54) is 0 Å². The largest absolute Gasteiger partial charge is 0.396 e. The summed E-state index contributed by atoms with van der Waals surface area (Å²) in [6.45, 7) is 5.89. The Morgan fingerprint density at radius 1 is 1.38 bits per heavy atom. The number of hydrogen-bond donors (Lipinski definition) is 2. The second-order valence-corrected chi connectivity index (χ2v) is 6.70. The van der Waals surface area contributed by atoms with Crippen LogP contribution in [-0.2, 0) is 5.75 Å². The molecule has 1 unspecified atom stereocenters. The molecule has 2 rings (SSSR count). The average Bonchev–Trinajstić information content (AvgIpc) is 2.91. The van der Waals surface area contributed by atoms with Crippen molar-refractivity contribution in [2.24, 2.45) is 0 Å². The number of amides is 1. The first-order valence-electron chi connectivity index (χ1n) is 8.12. The molecule has 1 atom stereocenters. The normalized spacial score (nSPS) is 12.2. The van der Waals surface area contributed by atoms with Crippen LogP contribution in [0.15, 0.2) is 33.7 Å².